The van der Waals surface area contributed by atoms with Gasteiger partial charge in [-0.2, -0.15) is 12.6 Å². The molecule has 0 aromatic rings. The van der Waals surface area contributed by atoms with Gasteiger partial charge in [-0.3, -0.25) is 0 Å². The summed E-state index contributed by atoms with van der Waals surface area (Å²) < 4.78 is 43.1. The Morgan fingerprint density at radius 2 is 0.571 bits per heavy atom. The zero-order valence-electron chi connectivity index (χ0n) is 22.4. The van der Waals surface area contributed by atoms with Gasteiger partial charge in [-0.15, -0.1) is 0 Å². The van der Waals surface area contributed by atoms with E-state index in [0.717, 1.165) is 18.8 Å². The molecule has 0 rings (SSSR count). The van der Waals surface area contributed by atoms with Crippen LogP contribution in [0.4, 0.5) is 0 Å². The van der Waals surface area contributed by atoms with E-state index in [0.29, 0.717) is 92.5 Å². The minimum atomic E-state index is 0.549. The van der Waals surface area contributed by atoms with Crippen molar-refractivity contribution in [3.63, 3.8) is 0 Å². The quantitative estimate of drug-likeness (QED) is 0.103. The first-order chi connectivity index (χ1) is 17.4. The van der Waals surface area contributed by atoms with Crippen LogP contribution < -0.4 is 0 Å². The Balaban J connectivity index is 3.00. The first kappa shape index (κ1) is 35.0. The Hall–Kier alpha value is 0.0300. The maximum atomic E-state index is 5.62. The van der Waals surface area contributed by atoms with Crippen LogP contribution >= 0.6 is 12.6 Å². The summed E-state index contributed by atoms with van der Waals surface area (Å²) in [7, 11) is 1.65. The van der Waals surface area contributed by atoms with Crippen LogP contribution in [0.2, 0.25) is 0 Å². The average Bonchev–Trinajstić information content (AvgIpc) is 2.87. The minimum Gasteiger partial charge on any atom is -0.382 e. The van der Waals surface area contributed by atoms with E-state index in [-0.39, 0.29) is 0 Å². The second kappa shape index (κ2) is 34.0. The summed E-state index contributed by atoms with van der Waals surface area (Å²) in [5.41, 5.74) is 0. The van der Waals surface area contributed by atoms with Gasteiger partial charge in [0.05, 0.1) is 92.5 Å². The Morgan fingerprint density at radius 1 is 0.314 bits per heavy atom. The second-order valence-electron chi connectivity index (χ2n) is 8.18. The Morgan fingerprint density at radius 3 is 0.886 bits per heavy atom. The lowest BCUT2D eigenvalue weighted by Crippen LogP contribution is -2.14. The maximum Gasteiger partial charge on any atom is 0.0701 e. The van der Waals surface area contributed by atoms with Gasteiger partial charge < -0.3 is 37.9 Å². The number of thiol groups is 1. The summed E-state index contributed by atoms with van der Waals surface area (Å²) in [6.45, 7) is 8.91. The molecule has 0 N–H and O–H groups in total. The summed E-state index contributed by atoms with van der Waals surface area (Å²) in [5, 5.41) is 0. The maximum absolute atomic E-state index is 5.62. The van der Waals surface area contributed by atoms with E-state index in [1.54, 1.807) is 7.11 Å². The smallest absolute Gasteiger partial charge is 0.0701 e. The molecule has 0 aromatic carbocycles. The van der Waals surface area contributed by atoms with E-state index in [2.05, 4.69) is 12.6 Å². The van der Waals surface area contributed by atoms with Gasteiger partial charge in [-0.25, -0.2) is 0 Å². The van der Waals surface area contributed by atoms with E-state index < -0.39 is 0 Å². The van der Waals surface area contributed by atoms with E-state index in [1.807, 2.05) is 0 Å². The highest BCUT2D eigenvalue weighted by Crippen LogP contribution is 2.10. The molecule has 0 radical (unpaired) electrons. The molecule has 212 valence electrons. The van der Waals surface area contributed by atoms with Crippen LogP contribution in [-0.2, 0) is 37.9 Å². The molecule has 0 heterocycles. The van der Waals surface area contributed by atoms with Gasteiger partial charge in [0.2, 0.25) is 0 Å². The molecule has 0 spiro atoms. The molecule has 0 fully saturated rings. The number of rotatable bonds is 32. The van der Waals surface area contributed by atoms with Crippen LogP contribution in [0.3, 0.4) is 0 Å². The standard InChI is InChI=1S/C26H54O8S/c1-27-12-13-29-16-17-31-20-21-33-24-25-34-23-22-32-19-18-30-15-14-28-11-9-7-5-3-2-4-6-8-10-26-35/h35H,2-26H2,1H3. The molecule has 0 unspecified atom stereocenters. The van der Waals surface area contributed by atoms with Crippen molar-refractivity contribution in [3.8, 4) is 0 Å². The molecule has 0 aliphatic heterocycles. The molecule has 8 nitrogen and oxygen atoms in total. The Labute approximate surface area is 220 Å². The topological polar surface area (TPSA) is 73.8 Å². The largest absolute Gasteiger partial charge is 0.382 e. The van der Waals surface area contributed by atoms with Crippen LogP contribution in [0.5, 0.6) is 0 Å². The van der Waals surface area contributed by atoms with Gasteiger partial charge in [0, 0.05) is 13.7 Å². The average molecular weight is 527 g/mol. The van der Waals surface area contributed by atoms with Gasteiger partial charge >= 0.3 is 0 Å². The summed E-state index contributed by atoms with van der Waals surface area (Å²) in [5.74, 6) is 1.03. The molecule has 35 heavy (non-hydrogen) atoms. The van der Waals surface area contributed by atoms with Gasteiger partial charge in [0.25, 0.3) is 0 Å². The van der Waals surface area contributed by atoms with Crippen molar-refractivity contribution < 1.29 is 37.9 Å². The summed E-state index contributed by atoms with van der Waals surface area (Å²) in [6.07, 6.45) is 11.8. The number of hydrogen-bond acceptors (Lipinski definition) is 9. The van der Waals surface area contributed by atoms with Crippen molar-refractivity contribution in [2.45, 2.75) is 57.8 Å². The van der Waals surface area contributed by atoms with Gasteiger partial charge in [-0.1, -0.05) is 44.9 Å². The second-order valence-corrected chi connectivity index (χ2v) is 8.63. The molecule has 0 saturated heterocycles. The highest BCUT2D eigenvalue weighted by Gasteiger charge is 1.96. The zero-order valence-corrected chi connectivity index (χ0v) is 23.3. The molecular weight excluding hydrogens is 472 g/mol. The third kappa shape index (κ3) is 34.0. The normalized spacial score (nSPS) is 11.5. The van der Waals surface area contributed by atoms with E-state index in [4.69, 9.17) is 37.9 Å². The Bertz CT molecular complexity index is 334. The highest BCUT2D eigenvalue weighted by atomic mass is 32.1. The monoisotopic (exact) mass is 526 g/mol. The predicted octanol–water partition coefficient (Wildman–Crippen LogP) is 4.19. The first-order valence-electron chi connectivity index (χ1n) is 13.6. The summed E-state index contributed by atoms with van der Waals surface area (Å²) >= 11 is 4.25. The van der Waals surface area contributed by atoms with Crippen molar-refractivity contribution in [2.75, 3.05) is 112 Å². The lowest BCUT2D eigenvalue weighted by atomic mass is 10.1. The summed E-state index contributed by atoms with van der Waals surface area (Å²) in [6, 6.07) is 0. The molecule has 0 amide bonds. The number of unbranched alkanes of at least 4 members (excludes halogenated alkanes) is 8. The van der Waals surface area contributed by atoms with Crippen molar-refractivity contribution in [1.82, 2.24) is 0 Å². The molecule has 0 aliphatic carbocycles. The third-order valence-electron chi connectivity index (χ3n) is 5.11. The van der Waals surface area contributed by atoms with Crippen LogP contribution in [0, 0.1) is 0 Å². The van der Waals surface area contributed by atoms with Crippen molar-refractivity contribution in [2.24, 2.45) is 0 Å². The molecular formula is C26H54O8S. The van der Waals surface area contributed by atoms with Crippen LogP contribution in [0.25, 0.3) is 0 Å². The van der Waals surface area contributed by atoms with Crippen LogP contribution in [0.15, 0.2) is 0 Å². The van der Waals surface area contributed by atoms with Crippen molar-refractivity contribution >= 4 is 12.6 Å². The fourth-order valence-electron chi connectivity index (χ4n) is 3.12. The third-order valence-corrected chi connectivity index (χ3v) is 5.43. The minimum absolute atomic E-state index is 0.549. The fourth-order valence-corrected chi connectivity index (χ4v) is 3.34. The predicted molar refractivity (Wildman–Crippen MR) is 143 cm³/mol. The highest BCUT2D eigenvalue weighted by molar-refractivity contribution is 7.80. The van der Waals surface area contributed by atoms with Crippen LogP contribution in [-0.4, -0.2) is 112 Å². The fraction of sp³-hybridized carbons (Fsp3) is 1.00. The number of ether oxygens (including phenoxy) is 8. The lowest BCUT2D eigenvalue weighted by molar-refractivity contribution is -0.0221. The van der Waals surface area contributed by atoms with Crippen LogP contribution in [0.1, 0.15) is 57.8 Å². The molecule has 0 saturated carbocycles. The number of hydrogen-bond donors (Lipinski definition) is 1. The SMILES string of the molecule is COCCOCCOCCOCCOCCOCCOCCOCCCCCCCCCCCS. The Kier molecular flexibility index (Phi) is 34.1. The molecule has 0 aromatic heterocycles. The van der Waals surface area contributed by atoms with Crippen molar-refractivity contribution in [1.29, 1.82) is 0 Å². The first-order valence-corrected chi connectivity index (χ1v) is 14.2. The summed E-state index contributed by atoms with van der Waals surface area (Å²) in [4.78, 5) is 0. The van der Waals surface area contributed by atoms with E-state index in [9.17, 15) is 0 Å². The van der Waals surface area contributed by atoms with Gasteiger partial charge in [0.1, 0.15) is 0 Å². The van der Waals surface area contributed by atoms with E-state index in [1.165, 1.54) is 51.4 Å². The lowest BCUT2D eigenvalue weighted by Gasteiger charge is -2.08. The number of methoxy groups -OCH3 is 1. The van der Waals surface area contributed by atoms with Gasteiger partial charge in [-0.05, 0) is 18.6 Å². The molecule has 0 bridgehead atoms. The van der Waals surface area contributed by atoms with Gasteiger partial charge in [0.15, 0.2) is 0 Å². The van der Waals surface area contributed by atoms with E-state index >= 15 is 0 Å². The van der Waals surface area contributed by atoms with Crippen molar-refractivity contribution in [3.05, 3.63) is 0 Å². The molecule has 9 heteroatoms. The zero-order chi connectivity index (χ0) is 25.3. The molecule has 0 aliphatic rings. The molecule has 0 atom stereocenters.